The van der Waals surface area contributed by atoms with Crippen LogP contribution in [0.5, 0.6) is 0 Å². The van der Waals surface area contributed by atoms with Crippen LogP contribution in [0.25, 0.3) is 15.2 Å². The maximum atomic E-state index is 10.8. The van der Waals surface area contributed by atoms with Gasteiger partial charge in [-0.05, 0) is 18.6 Å². The van der Waals surface area contributed by atoms with Crippen LogP contribution in [0.15, 0.2) is 24.4 Å². The van der Waals surface area contributed by atoms with Crippen LogP contribution in [0.1, 0.15) is 16.1 Å². The summed E-state index contributed by atoms with van der Waals surface area (Å²) in [6, 6.07) is 6.02. The van der Waals surface area contributed by atoms with Gasteiger partial charge in [0.15, 0.2) is 10.7 Å². The monoisotopic (exact) mass is 232 g/mol. The lowest BCUT2D eigenvalue weighted by Gasteiger charge is -1.95. The zero-order valence-corrected chi connectivity index (χ0v) is 9.28. The Labute approximate surface area is 94.8 Å². The molecule has 3 aromatic rings. The Morgan fingerprint density at radius 3 is 3.06 bits per heavy atom. The zero-order valence-electron chi connectivity index (χ0n) is 8.47. The minimum Gasteiger partial charge on any atom is -0.476 e. The summed E-state index contributed by atoms with van der Waals surface area (Å²) in [7, 11) is 0. The minimum absolute atomic E-state index is 0.0939. The van der Waals surface area contributed by atoms with Gasteiger partial charge in [0.1, 0.15) is 0 Å². The third kappa shape index (κ3) is 1.15. The summed E-state index contributed by atoms with van der Waals surface area (Å²) in [5.74, 6) is -0.988. The first-order valence-corrected chi connectivity index (χ1v) is 5.59. The van der Waals surface area contributed by atoms with Gasteiger partial charge in [-0.2, -0.15) is 0 Å². The molecule has 3 rings (SSSR count). The topological polar surface area (TPSA) is 54.6 Å². The molecule has 0 saturated heterocycles. The third-order valence-corrected chi connectivity index (χ3v) is 3.56. The van der Waals surface area contributed by atoms with Crippen LogP contribution in [0.4, 0.5) is 0 Å². The Morgan fingerprint density at radius 1 is 1.50 bits per heavy atom. The lowest BCUT2D eigenvalue weighted by Crippen LogP contribution is -1.95. The van der Waals surface area contributed by atoms with E-state index in [1.807, 2.05) is 29.5 Å². The van der Waals surface area contributed by atoms with E-state index in [0.29, 0.717) is 0 Å². The second kappa shape index (κ2) is 3.05. The van der Waals surface area contributed by atoms with Gasteiger partial charge in [0, 0.05) is 6.20 Å². The third-order valence-electron chi connectivity index (χ3n) is 2.54. The van der Waals surface area contributed by atoms with Crippen LogP contribution in [-0.4, -0.2) is 20.5 Å². The van der Waals surface area contributed by atoms with E-state index in [-0.39, 0.29) is 5.69 Å². The van der Waals surface area contributed by atoms with E-state index >= 15 is 0 Å². The maximum Gasteiger partial charge on any atom is 0.356 e. The molecular formula is C11H8N2O2S. The summed E-state index contributed by atoms with van der Waals surface area (Å²) in [6.45, 7) is 2.01. The number of carboxylic acids is 1. The van der Waals surface area contributed by atoms with Gasteiger partial charge in [-0.1, -0.05) is 23.5 Å². The molecule has 1 aromatic carbocycles. The summed E-state index contributed by atoms with van der Waals surface area (Å²) in [5, 5.41) is 8.87. The highest BCUT2D eigenvalue weighted by Gasteiger charge is 2.13. The van der Waals surface area contributed by atoms with E-state index in [2.05, 4.69) is 4.98 Å². The molecule has 0 fully saturated rings. The maximum absolute atomic E-state index is 10.8. The SMILES string of the molecule is Cc1cccc2sc3nc(C(=O)O)cn3c12. The molecule has 0 bridgehead atoms. The van der Waals surface area contributed by atoms with Crippen LogP contribution in [0, 0.1) is 6.92 Å². The highest BCUT2D eigenvalue weighted by atomic mass is 32.1. The van der Waals surface area contributed by atoms with Crippen molar-refractivity contribution in [3.05, 3.63) is 35.7 Å². The number of thiazole rings is 1. The van der Waals surface area contributed by atoms with E-state index < -0.39 is 5.97 Å². The summed E-state index contributed by atoms with van der Waals surface area (Å²) < 4.78 is 2.97. The molecule has 5 heteroatoms. The molecule has 0 atom stereocenters. The number of benzene rings is 1. The zero-order chi connectivity index (χ0) is 11.3. The Bertz CT molecular complexity index is 711. The number of hydrogen-bond donors (Lipinski definition) is 1. The molecule has 0 aliphatic heterocycles. The predicted octanol–water partition coefficient (Wildman–Crippen LogP) is 2.56. The Morgan fingerprint density at radius 2 is 2.31 bits per heavy atom. The number of fused-ring (bicyclic) bond motifs is 3. The van der Waals surface area contributed by atoms with Crippen molar-refractivity contribution in [3.63, 3.8) is 0 Å². The van der Waals surface area contributed by atoms with Crippen LogP contribution in [-0.2, 0) is 0 Å². The smallest absolute Gasteiger partial charge is 0.356 e. The van der Waals surface area contributed by atoms with E-state index in [4.69, 9.17) is 5.11 Å². The van der Waals surface area contributed by atoms with E-state index in [1.54, 1.807) is 6.20 Å². The highest BCUT2D eigenvalue weighted by molar-refractivity contribution is 7.23. The van der Waals surface area contributed by atoms with Gasteiger partial charge in [-0.25, -0.2) is 9.78 Å². The number of carboxylic acid groups (broad SMARTS) is 1. The molecule has 4 nitrogen and oxygen atoms in total. The molecule has 0 unspecified atom stereocenters. The van der Waals surface area contributed by atoms with Gasteiger partial charge in [-0.3, -0.25) is 4.40 Å². The number of para-hydroxylation sites is 1. The summed E-state index contributed by atoms with van der Waals surface area (Å²) in [4.78, 5) is 15.6. The van der Waals surface area contributed by atoms with Crippen molar-refractivity contribution in [2.75, 3.05) is 0 Å². The first-order chi connectivity index (χ1) is 7.66. The summed E-state index contributed by atoms with van der Waals surface area (Å²) in [5.41, 5.74) is 2.26. The quantitative estimate of drug-likeness (QED) is 0.701. The molecular weight excluding hydrogens is 224 g/mol. The van der Waals surface area contributed by atoms with Gasteiger partial charge in [0.2, 0.25) is 0 Å². The second-order valence-corrected chi connectivity index (χ2v) is 4.62. The van der Waals surface area contributed by atoms with Gasteiger partial charge in [0.05, 0.1) is 10.2 Å². The molecule has 0 aliphatic rings. The standard InChI is InChI=1S/C11H8N2O2S/c1-6-3-2-4-8-9(6)13-5-7(10(14)15)12-11(13)16-8/h2-5H,1H3,(H,14,15). The fraction of sp³-hybridized carbons (Fsp3) is 0.0909. The minimum atomic E-state index is -0.988. The molecule has 16 heavy (non-hydrogen) atoms. The van der Waals surface area contributed by atoms with Crippen molar-refractivity contribution < 1.29 is 9.90 Å². The van der Waals surface area contributed by atoms with Gasteiger partial charge in [0.25, 0.3) is 0 Å². The number of nitrogens with zero attached hydrogens (tertiary/aromatic N) is 2. The fourth-order valence-electron chi connectivity index (χ4n) is 1.82. The molecule has 2 heterocycles. The van der Waals surface area contributed by atoms with Crippen molar-refractivity contribution >= 4 is 32.5 Å². The van der Waals surface area contributed by atoms with Crippen molar-refractivity contribution in [1.82, 2.24) is 9.38 Å². The molecule has 1 N–H and O–H groups in total. The summed E-state index contributed by atoms with van der Waals surface area (Å²) >= 11 is 1.50. The number of aryl methyl sites for hydroxylation is 1. The Hall–Kier alpha value is -1.88. The first kappa shape index (κ1) is 9.35. The lowest BCUT2D eigenvalue weighted by molar-refractivity contribution is 0.0691. The second-order valence-electron chi connectivity index (χ2n) is 3.61. The summed E-state index contributed by atoms with van der Waals surface area (Å²) in [6.07, 6.45) is 1.57. The Balaban J connectivity index is 2.46. The number of imidazole rings is 1. The molecule has 80 valence electrons. The van der Waals surface area contributed by atoms with Gasteiger partial charge >= 0.3 is 5.97 Å². The molecule has 2 aromatic heterocycles. The van der Waals surface area contributed by atoms with Crippen molar-refractivity contribution in [3.8, 4) is 0 Å². The van der Waals surface area contributed by atoms with Crippen molar-refractivity contribution in [1.29, 1.82) is 0 Å². The molecule has 0 aliphatic carbocycles. The predicted molar refractivity (Wildman–Crippen MR) is 62.3 cm³/mol. The highest BCUT2D eigenvalue weighted by Crippen LogP contribution is 2.28. The van der Waals surface area contributed by atoms with Gasteiger partial charge < -0.3 is 5.11 Å². The molecule has 0 saturated carbocycles. The van der Waals surface area contributed by atoms with Crippen molar-refractivity contribution in [2.24, 2.45) is 0 Å². The molecule has 0 spiro atoms. The fourth-order valence-corrected chi connectivity index (χ4v) is 2.91. The average molecular weight is 232 g/mol. The molecule has 0 radical (unpaired) electrons. The number of aromatic nitrogens is 2. The van der Waals surface area contributed by atoms with Crippen LogP contribution in [0.3, 0.4) is 0 Å². The van der Waals surface area contributed by atoms with Crippen molar-refractivity contribution in [2.45, 2.75) is 6.92 Å². The lowest BCUT2D eigenvalue weighted by atomic mass is 10.2. The van der Waals surface area contributed by atoms with Crippen LogP contribution in [0.2, 0.25) is 0 Å². The number of carbonyl (C=O) groups is 1. The number of hydrogen-bond acceptors (Lipinski definition) is 3. The number of aromatic carboxylic acids is 1. The van der Waals surface area contributed by atoms with Crippen LogP contribution >= 0.6 is 11.3 Å². The normalized spacial score (nSPS) is 11.3. The molecule has 0 amide bonds. The first-order valence-electron chi connectivity index (χ1n) is 4.77. The largest absolute Gasteiger partial charge is 0.476 e. The van der Waals surface area contributed by atoms with E-state index in [1.165, 1.54) is 11.3 Å². The van der Waals surface area contributed by atoms with Crippen LogP contribution < -0.4 is 0 Å². The Kier molecular flexibility index (Phi) is 1.79. The van der Waals surface area contributed by atoms with E-state index in [9.17, 15) is 4.79 Å². The van der Waals surface area contributed by atoms with E-state index in [0.717, 1.165) is 20.7 Å². The average Bonchev–Trinajstić information content (AvgIpc) is 2.73. The van der Waals surface area contributed by atoms with Gasteiger partial charge in [-0.15, -0.1) is 0 Å². The number of rotatable bonds is 1.